The van der Waals surface area contributed by atoms with Crippen LogP contribution in [0, 0.1) is 0 Å². The molecule has 0 aliphatic carbocycles. The van der Waals surface area contributed by atoms with Gasteiger partial charge in [0, 0.05) is 12.3 Å². The summed E-state index contributed by atoms with van der Waals surface area (Å²) < 4.78 is 19.8. The summed E-state index contributed by atoms with van der Waals surface area (Å²) in [6.45, 7) is 4.59. The first-order chi connectivity index (χ1) is 7.84. The fraction of sp³-hybridized carbons (Fsp3) is 0.400. The second-order valence-corrected chi connectivity index (χ2v) is 4.00. The zero-order valence-corrected chi connectivity index (χ0v) is 9.01. The summed E-state index contributed by atoms with van der Waals surface area (Å²) in [6.07, 6.45) is -2.08. The molecule has 17 heavy (non-hydrogen) atoms. The lowest BCUT2D eigenvalue weighted by Gasteiger charge is -2.18. The summed E-state index contributed by atoms with van der Waals surface area (Å²) in [4.78, 5) is 24.3. The molecule has 2 heterocycles. The summed E-state index contributed by atoms with van der Waals surface area (Å²) in [5.74, 6) is -0.159. The molecule has 2 rings (SSSR count). The Labute approximate surface area is 95.0 Å². The Bertz CT molecular complexity index is 574. The van der Waals surface area contributed by atoms with Gasteiger partial charge < -0.3 is 9.84 Å². The molecule has 1 aliphatic rings. The Morgan fingerprint density at radius 3 is 2.76 bits per heavy atom. The van der Waals surface area contributed by atoms with E-state index in [1.165, 1.54) is 6.92 Å². The van der Waals surface area contributed by atoms with E-state index in [1.54, 1.807) is 0 Å². The minimum atomic E-state index is -1.86. The summed E-state index contributed by atoms with van der Waals surface area (Å²) in [5.41, 5.74) is -3.26. The van der Waals surface area contributed by atoms with Crippen molar-refractivity contribution in [3.63, 3.8) is 0 Å². The fourth-order valence-electron chi connectivity index (χ4n) is 1.58. The second-order valence-electron chi connectivity index (χ2n) is 4.00. The molecule has 0 spiro atoms. The highest BCUT2D eigenvalue weighted by atomic mass is 19.1. The minimum Gasteiger partial charge on any atom is -0.469 e. The molecular weight excluding hydrogens is 231 g/mol. The number of H-pyrrole nitrogens is 1. The molecule has 0 bridgehead atoms. The van der Waals surface area contributed by atoms with Crippen LogP contribution in [-0.4, -0.2) is 26.4 Å². The van der Waals surface area contributed by atoms with Crippen molar-refractivity contribution in [1.82, 2.24) is 9.55 Å². The molecule has 0 aromatic carbocycles. The normalized spacial score (nSPS) is 32.5. The van der Waals surface area contributed by atoms with Gasteiger partial charge in [-0.25, -0.2) is 9.18 Å². The van der Waals surface area contributed by atoms with Crippen LogP contribution in [-0.2, 0) is 4.74 Å². The van der Waals surface area contributed by atoms with Crippen molar-refractivity contribution in [2.45, 2.75) is 24.9 Å². The predicted molar refractivity (Wildman–Crippen MR) is 56.1 cm³/mol. The predicted octanol–water partition coefficient (Wildman–Crippen LogP) is -0.332. The van der Waals surface area contributed by atoms with Gasteiger partial charge in [0.1, 0.15) is 5.76 Å². The van der Waals surface area contributed by atoms with Crippen molar-refractivity contribution in [2.24, 2.45) is 0 Å². The smallest absolute Gasteiger partial charge is 0.331 e. The Kier molecular flexibility index (Phi) is 2.43. The third-order valence-corrected chi connectivity index (χ3v) is 2.74. The van der Waals surface area contributed by atoms with E-state index >= 15 is 0 Å². The van der Waals surface area contributed by atoms with Crippen LogP contribution in [0.3, 0.4) is 0 Å². The Morgan fingerprint density at radius 1 is 1.65 bits per heavy atom. The fourth-order valence-corrected chi connectivity index (χ4v) is 1.58. The first kappa shape index (κ1) is 11.6. The van der Waals surface area contributed by atoms with Gasteiger partial charge in [0.05, 0.1) is 0 Å². The lowest BCUT2D eigenvalue weighted by Crippen LogP contribution is -2.39. The average molecular weight is 242 g/mol. The van der Waals surface area contributed by atoms with Crippen molar-refractivity contribution in [3.8, 4) is 0 Å². The lowest BCUT2D eigenvalue weighted by molar-refractivity contribution is 0.00239. The molecule has 0 saturated carbocycles. The van der Waals surface area contributed by atoms with E-state index in [2.05, 4.69) is 6.58 Å². The van der Waals surface area contributed by atoms with Crippen molar-refractivity contribution in [1.29, 1.82) is 0 Å². The van der Waals surface area contributed by atoms with Crippen molar-refractivity contribution >= 4 is 0 Å². The number of aromatic amines is 1. The first-order valence-corrected chi connectivity index (χ1v) is 4.88. The SMILES string of the molecule is C=C1OC(n2ccc(=O)[nH]c2=O)C(F)C1(C)O. The van der Waals surface area contributed by atoms with Crippen molar-refractivity contribution in [2.75, 3.05) is 0 Å². The van der Waals surface area contributed by atoms with Crippen LogP contribution in [0.2, 0.25) is 0 Å². The quantitative estimate of drug-likeness (QED) is 0.706. The molecule has 92 valence electrons. The highest BCUT2D eigenvalue weighted by Gasteiger charge is 2.51. The Morgan fingerprint density at radius 2 is 2.29 bits per heavy atom. The summed E-state index contributed by atoms with van der Waals surface area (Å²) >= 11 is 0. The molecule has 0 radical (unpaired) electrons. The molecule has 1 saturated heterocycles. The largest absolute Gasteiger partial charge is 0.469 e. The first-order valence-electron chi connectivity index (χ1n) is 4.88. The third kappa shape index (κ3) is 1.68. The number of aliphatic hydroxyl groups is 1. The maximum Gasteiger partial charge on any atom is 0.331 e. The van der Waals surface area contributed by atoms with Crippen LogP contribution in [0.1, 0.15) is 13.2 Å². The van der Waals surface area contributed by atoms with E-state index in [4.69, 9.17) is 4.74 Å². The number of nitrogens with one attached hydrogen (secondary N) is 1. The summed E-state index contributed by atoms with van der Waals surface area (Å²) in [6, 6.07) is 1.06. The lowest BCUT2D eigenvalue weighted by atomic mass is 10.0. The molecule has 1 aromatic rings. The topological polar surface area (TPSA) is 84.3 Å². The van der Waals surface area contributed by atoms with Crippen molar-refractivity contribution < 1.29 is 14.2 Å². The van der Waals surface area contributed by atoms with Crippen LogP contribution >= 0.6 is 0 Å². The highest BCUT2D eigenvalue weighted by Crippen LogP contribution is 2.39. The maximum atomic E-state index is 13.9. The molecular formula is C10H11FN2O4. The van der Waals surface area contributed by atoms with Gasteiger partial charge in [0.2, 0.25) is 6.23 Å². The molecule has 6 nitrogen and oxygen atoms in total. The van der Waals surface area contributed by atoms with E-state index in [1.807, 2.05) is 4.98 Å². The van der Waals surface area contributed by atoms with Gasteiger partial charge in [-0.3, -0.25) is 14.3 Å². The van der Waals surface area contributed by atoms with Crippen LogP contribution in [0.4, 0.5) is 4.39 Å². The number of halogens is 1. The molecule has 1 fully saturated rings. The van der Waals surface area contributed by atoms with Crippen LogP contribution in [0.15, 0.2) is 34.2 Å². The molecule has 2 N–H and O–H groups in total. The number of hydrogen-bond donors (Lipinski definition) is 2. The molecule has 3 atom stereocenters. The zero-order chi connectivity index (χ0) is 12.8. The number of rotatable bonds is 1. The van der Waals surface area contributed by atoms with E-state index in [0.29, 0.717) is 0 Å². The van der Waals surface area contributed by atoms with Gasteiger partial charge in [-0.05, 0) is 6.92 Å². The highest BCUT2D eigenvalue weighted by molar-refractivity contribution is 5.14. The van der Waals surface area contributed by atoms with Gasteiger partial charge in [-0.2, -0.15) is 0 Å². The van der Waals surface area contributed by atoms with Gasteiger partial charge in [-0.1, -0.05) is 6.58 Å². The van der Waals surface area contributed by atoms with Gasteiger partial charge in [0.15, 0.2) is 11.8 Å². The molecule has 1 aromatic heterocycles. The van der Waals surface area contributed by atoms with Crippen molar-refractivity contribution in [3.05, 3.63) is 45.4 Å². The number of alkyl halides is 1. The molecule has 7 heteroatoms. The van der Waals surface area contributed by atoms with E-state index in [9.17, 15) is 19.1 Å². The van der Waals surface area contributed by atoms with E-state index in [0.717, 1.165) is 16.8 Å². The van der Waals surface area contributed by atoms with Gasteiger partial charge in [0.25, 0.3) is 5.56 Å². The van der Waals surface area contributed by atoms with Crippen LogP contribution in [0.5, 0.6) is 0 Å². The van der Waals surface area contributed by atoms with E-state index < -0.39 is 29.2 Å². The minimum absolute atomic E-state index is 0.159. The summed E-state index contributed by atoms with van der Waals surface area (Å²) in [5, 5.41) is 9.72. The maximum absolute atomic E-state index is 13.9. The van der Waals surface area contributed by atoms with Crippen LogP contribution < -0.4 is 11.2 Å². The summed E-state index contributed by atoms with van der Waals surface area (Å²) in [7, 11) is 0. The Balaban J connectivity index is 2.47. The third-order valence-electron chi connectivity index (χ3n) is 2.74. The zero-order valence-electron chi connectivity index (χ0n) is 9.01. The number of ether oxygens (including phenoxy) is 1. The monoisotopic (exact) mass is 242 g/mol. The van der Waals surface area contributed by atoms with Gasteiger partial charge >= 0.3 is 5.69 Å². The van der Waals surface area contributed by atoms with E-state index in [-0.39, 0.29) is 5.76 Å². The van der Waals surface area contributed by atoms with Gasteiger partial charge in [-0.15, -0.1) is 0 Å². The number of hydrogen-bond acceptors (Lipinski definition) is 4. The average Bonchev–Trinajstić information content (AvgIpc) is 2.43. The molecule has 3 unspecified atom stereocenters. The number of nitrogens with zero attached hydrogens (tertiary/aromatic N) is 1. The second kappa shape index (κ2) is 3.56. The molecule has 0 amide bonds. The molecule has 1 aliphatic heterocycles. The Hall–Kier alpha value is -1.89. The number of aromatic nitrogens is 2. The van der Waals surface area contributed by atoms with Crippen LogP contribution in [0.25, 0.3) is 0 Å². The standard InChI is InChI=1S/C10H11FN2O4/c1-5-10(2,16)7(11)8(17-5)13-4-3-6(14)12-9(13)15/h3-4,7-8,16H,1H2,2H3,(H,12,14,15).